The molecule has 3 nitrogen and oxygen atoms in total. The van der Waals surface area contributed by atoms with E-state index < -0.39 is 0 Å². The minimum absolute atomic E-state index is 0.110. The van der Waals surface area contributed by atoms with E-state index in [9.17, 15) is 9.59 Å². The van der Waals surface area contributed by atoms with Crippen molar-refractivity contribution in [2.75, 3.05) is 13.1 Å². The predicted molar refractivity (Wildman–Crippen MR) is 89.3 cm³/mol. The fourth-order valence-corrected chi connectivity index (χ4v) is 3.15. The normalized spacial score (nSPS) is 18.1. The van der Waals surface area contributed by atoms with Gasteiger partial charge in [-0.1, -0.05) is 17.7 Å². The lowest BCUT2D eigenvalue weighted by molar-refractivity contribution is -0.132. The van der Waals surface area contributed by atoms with Gasteiger partial charge in [-0.3, -0.25) is 9.59 Å². The van der Waals surface area contributed by atoms with Crippen LogP contribution in [0.4, 0.5) is 0 Å². The van der Waals surface area contributed by atoms with Crippen molar-refractivity contribution in [3.63, 3.8) is 0 Å². The summed E-state index contributed by atoms with van der Waals surface area (Å²) >= 11 is 5.95. The van der Waals surface area contributed by atoms with Crippen molar-refractivity contribution in [2.45, 2.75) is 32.6 Å². The van der Waals surface area contributed by atoms with E-state index in [1.54, 1.807) is 18.2 Å². The van der Waals surface area contributed by atoms with E-state index in [4.69, 9.17) is 11.6 Å². The lowest BCUT2D eigenvalue weighted by Crippen LogP contribution is -2.42. The zero-order valence-corrected chi connectivity index (χ0v) is 13.7. The number of allylic oxidation sites excluding steroid dienone is 1. The van der Waals surface area contributed by atoms with Crippen molar-refractivity contribution in [1.82, 2.24) is 4.90 Å². The van der Waals surface area contributed by atoms with Gasteiger partial charge in [0, 0.05) is 36.0 Å². The number of amides is 1. The van der Waals surface area contributed by atoms with E-state index >= 15 is 0 Å². The Hall–Kier alpha value is -1.61. The Bertz CT molecular complexity index is 582. The highest BCUT2D eigenvalue weighted by molar-refractivity contribution is 6.30. The summed E-state index contributed by atoms with van der Waals surface area (Å²) in [7, 11) is 0. The summed E-state index contributed by atoms with van der Waals surface area (Å²) < 4.78 is 0. The molecule has 22 heavy (non-hydrogen) atoms. The first kappa shape index (κ1) is 16.8. The fraction of sp³-hybridized carbons (Fsp3) is 0.444. The molecular formula is C18H22ClNO2. The van der Waals surface area contributed by atoms with Crippen LogP contribution >= 0.6 is 11.6 Å². The summed E-state index contributed by atoms with van der Waals surface area (Å²) in [6, 6.07) is 5.35. The number of ketones is 1. The van der Waals surface area contributed by atoms with E-state index in [0.29, 0.717) is 24.4 Å². The number of rotatable bonds is 5. The number of hydrogen-bond donors (Lipinski definition) is 0. The molecule has 0 N–H and O–H groups in total. The predicted octanol–water partition coefficient (Wildman–Crippen LogP) is 4.04. The van der Waals surface area contributed by atoms with Crippen LogP contribution < -0.4 is 0 Å². The average molecular weight is 320 g/mol. The molecule has 0 bridgehead atoms. The van der Waals surface area contributed by atoms with Crippen molar-refractivity contribution in [3.8, 4) is 0 Å². The molecule has 1 aliphatic heterocycles. The SMILES string of the molecule is C=CCCC(=O)N1CCC[C@H](C(=O)c2ccc(Cl)cc2C)C1. The second-order valence-corrected chi connectivity index (χ2v) is 6.27. The smallest absolute Gasteiger partial charge is 0.222 e. The monoisotopic (exact) mass is 319 g/mol. The number of carbonyl (C=O) groups excluding carboxylic acids is 2. The first-order valence-electron chi connectivity index (χ1n) is 7.72. The molecule has 118 valence electrons. The molecule has 2 rings (SSSR count). The quantitative estimate of drug-likeness (QED) is 0.607. The topological polar surface area (TPSA) is 37.4 Å². The second-order valence-electron chi connectivity index (χ2n) is 5.83. The lowest BCUT2D eigenvalue weighted by Gasteiger charge is -2.32. The van der Waals surface area contributed by atoms with Crippen LogP contribution in [0.15, 0.2) is 30.9 Å². The van der Waals surface area contributed by atoms with Crippen LogP contribution in [-0.2, 0) is 4.79 Å². The third kappa shape index (κ3) is 3.98. The van der Waals surface area contributed by atoms with Gasteiger partial charge in [-0.2, -0.15) is 0 Å². The van der Waals surface area contributed by atoms with Gasteiger partial charge >= 0.3 is 0 Å². The molecule has 1 fully saturated rings. The molecule has 0 aliphatic carbocycles. The lowest BCUT2D eigenvalue weighted by atomic mass is 9.88. The average Bonchev–Trinajstić information content (AvgIpc) is 2.52. The van der Waals surface area contributed by atoms with Crippen LogP contribution in [0.2, 0.25) is 5.02 Å². The van der Waals surface area contributed by atoms with Crippen LogP contribution in [-0.4, -0.2) is 29.7 Å². The number of nitrogens with zero attached hydrogens (tertiary/aromatic N) is 1. The number of piperidine rings is 1. The molecule has 1 aromatic carbocycles. The molecule has 1 saturated heterocycles. The molecule has 0 spiro atoms. The minimum Gasteiger partial charge on any atom is -0.342 e. The number of benzene rings is 1. The van der Waals surface area contributed by atoms with Gasteiger partial charge in [0.2, 0.25) is 5.91 Å². The van der Waals surface area contributed by atoms with Gasteiger partial charge in [0.05, 0.1) is 0 Å². The zero-order valence-electron chi connectivity index (χ0n) is 13.0. The van der Waals surface area contributed by atoms with Crippen LogP contribution in [0.1, 0.15) is 41.6 Å². The highest BCUT2D eigenvalue weighted by Gasteiger charge is 2.29. The van der Waals surface area contributed by atoms with E-state index in [1.165, 1.54) is 0 Å². The third-order valence-electron chi connectivity index (χ3n) is 4.16. The van der Waals surface area contributed by atoms with Gasteiger partial charge in [0.15, 0.2) is 5.78 Å². The molecule has 1 atom stereocenters. The van der Waals surface area contributed by atoms with Crippen molar-refractivity contribution >= 4 is 23.3 Å². The van der Waals surface area contributed by atoms with Crippen LogP contribution in [0.25, 0.3) is 0 Å². The summed E-state index contributed by atoms with van der Waals surface area (Å²) in [5.74, 6) is 0.127. The summed E-state index contributed by atoms with van der Waals surface area (Å²) in [6.07, 6.45) is 4.63. The second kappa shape index (κ2) is 7.59. The van der Waals surface area contributed by atoms with E-state index in [1.807, 2.05) is 17.9 Å². The van der Waals surface area contributed by atoms with Crippen LogP contribution in [0.5, 0.6) is 0 Å². The summed E-state index contributed by atoms with van der Waals surface area (Å²) in [5, 5.41) is 0.638. The van der Waals surface area contributed by atoms with Gasteiger partial charge in [-0.05, 0) is 49.9 Å². The van der Waals surface area contributed by atoms with Gasteiger partial charge in [-0.25, -0.2) is 0 Å². The van der Waals surface area contributed by atoms with Gasteiger partial charge < -0.3 is 4.90 Å². The van der Waals surface area contributed by atoms with Gasteiger partial charge in [0.1, 0.15) is 0 Å². The standard InChI is InChI=1S/C18H22ClNO2/c1-3-4-7-17(21)20-10-5-6-14(12-20)18(22)16-9-8-15(19)11-13(16)2/h3,8-9,11,14H,1,4-7,10,12H2,2H3/t14-/m0/s1. The highest BCUT2D eigenvalue weighted by Crippen LogP contribution is 2.24. The molecule has 1 aliphatic rings. The maximum Gasteiger partial charge on any atom is 0.222 e. The fourth-order valence-electron chi connectivity index (χ4n) is 2.92. The largest absolute Gasteiger partial charge is 0.342 e. The number of Topliss-reactive ketones (excluding diaryl/α,β-unsaturated/α-hetero) is 1. The number of hydrogen-bond acceptors (Lipinski definition) is 2. The molecular weight excluding hydrogens is 298 g/mol. The molecule has 0 saturated carbocycles. The zero-order chi connectivity index (χ0) is 16.1. The Morgan fingerprint density at radius 1 is 1.45 bits per heavy atom. The Balaban J connectivity index is 2.06. The molecule has 1 heterocycles. The van der Waals surface area contributed by atoms with E-state index in [0.717, 1.165) is 30.5 Å². The Labute approximate surface area is 137 Å². The van der Waals surface area contributed by atoms with Crippen LogP contribution in [0, 0.1) is 12.8 Å². The molecule has 4 heteroatoms. The minimum atomic E-state index is -0.110. The Morgan fingerprint density at radius 2 is 2.23 bits per heavy atom. The van der Waals surface area contributed by atoms with Crippen molar-refractivity contribution in [3.05, 3.63) is 47.0 Å². The number of likely N-dealkylation sites (tertiary alicyclic amines) is 1. The summed E-state index contributed by atoms with van der Waals surface area (Å²) in [4.78, 5) is 26.7. The van der Waals surface area contributed by atoms with Crippen molar-refractivity contribution in [1.29, 1.82) is 0 Å². The third-order valence-corrected chi connectivity index (χ3v) is 4.40. The molecule has 0 radical (unpaired) electrons. The number of aryl methyl sites for hydroxylation is 1. The van der Waals surface area contributed by atoms with Crippen molar-refractivity contribution < 1.29 is 9.59 Å². The number of carbonyl (C=O) groups is 2. The first-order chi connectivity index (χ1) is 10.5. The highest BCUT2D eigenvalue weighted by atomic mass is 35.5. The molecule has 1 amide bonds. The molecule has 0 aromatic heterocycles. The van der Waals surface area contributed by atoms with E-state index in [2.05, 4.69) is 6.58 Å². The Kier molecular flexibility index (Phi) is 5.78. The number of halogens is 1. The van der Waals surface area contributed by atoms with Gasteiger partial charge in [-0.15, -0.1) is 6.58 Å². The maximum absolute atomic E-state index is 12.7. The van der Waals surface area contributed by atoms with Gasteiger partial charge in [0.25, 0.3) is 0 Å². The van der Waals surface area contributed by atoms with Crippen LogP contribution in [0.3, 0.4) is 0 Å². The molecule has 1 aromatic rings. The Morgan fingerprint density at radius 3 is 2.91 bits per heavy atom. The van der Waals surface area contributed by atoms with E-state index in [-0.39, 0.29) is 17.6 Å². The molecule has 0 unspecified atom stereocenters. The summed E-state index contributed by atoms with van der Waals surface area (Å²) in [6.45, 7) is 6.81. The first-order valence-corrected chi connectivity index (χ1v) is 8.09. The van der Waals surface area contributed by atoms with Crippen molar-refractivity contribution in [2.24, 2.45) is 5.92 Å². The summed E-state index contributed by atoms with van der Waals surface area (Å²) in [5.41, 5.74) is 1.61. The maximum atomic E-state index is 12.7.